The Morgan fingerprint density at radius 3 is 2.90 bits per heavy atom. The number of ether oxygens (including phenoxy) is 1. The van der Waals surface area contributed by atoms with E-state index in [0.29, 0.717) is 29.4 Å². The van der Waals surface area contributed by atoms with Crippen molar-refractivity contribution >= 4 is 17.5 Å². The van der Waals surface area contributed by atoms with Gasteiger partial charge in [-0.05, 0) is 44.2 Å². The van der Waals surface area contributed by atoms with Crippen molar-refractivity contribution in [3.05, 3.63) is 41.3 Å². The summed E-state index contributed by atoms with van der Waals surface area (Å²) in [6.07, 6.45) is 5.66. The van der Waals surface area contributed by atoms with Crippen molar-refractivity contribution < 1.29 is 14.1 Å². The van der Waals surface area contributed by atoms with Crippen molar-refractivity contribution in [3.63, 3.8) is 0 Å². The number of hydrogen-bond donors (Lipinski definition) is 0. The zero-order valence-corrected chi connectivity index (χ0v) is 12.9. The minimum Gasteiger partial charge on any atom is -0.493 e. The second-order valence-electron chi connectivity index (χ2n) is 5.00. The van der Waals surface area contributed by atoms with Gasteiger partial charge in [-0.25, -0.2) is 0 Å². The Labute approximate surface area is 127 Å². The first kappa shape index (κ1) is 14.2. The summed E-state index contributed by atoms with van der Waals surface area (Å²) in [6.45, 7) is 2.44. The van der Waals surface area contributed by atoms with Crippen LogP contribution in [0.5, 0.6) is 5.75 Å². The van der Waals surface area contributed by atoms with Crippen LogP contribution >= 0.6 is 11.8 Å². The third-order valence-electron chi connectivity index (χ3n) is 3.52. The van der Waals surface area contributed by atoms with Gasteiger partial charge in [-0.3, -0.25) is 4.79 Å². The van der Waals surface area contributed by atoms with E-state index < -0.39 is 0 Å². The lowest BCUT2D eigenvalue weighted by Crippen LogP contribution is -2.06. The van der Waals surface area contributed by atoms with Gasteiger partial charge in [0.2, 0.25) is 5.78 Å². The van der Waals surface area contributed by atoms with Crippen molar-refractivity contribution in [2.75, 3.05) is 12.9 Å². The lowest BCUT2D eigenvalue weighted by molar-refractivity contribution is 0.103. The minimum atomic E-state index is -0.0748. The lowest BCUT2D eigenvalue weighted by atomic mass is 10.0. The highest BCUT2D eigenvalue weighted by Crippen LogP contribution is 2.42. The van der Waals surface area contributed by atoms with E-state index in [1.165, 1.54) is 6.20 Å². The maximum Gasteiger partial charge on any atom is 0.201 e. The molecule has 0 spiro atoms. The van der Waals surface area contributed by atoms with Gasteiger partial charge < -0.3 is 9.26 Å². The highest BCUT2D eigenvalue weighted by molar-refractivity contribution is 7.98. The molecule has 21 heavy (non-hydrogen) atoms. The van der Waals surface area contributed by atoms with Crippen LogP contribution in [-0.2, 0) is 0 Å². The third kappa shape index (κ3) is 2.83. The summed E-state index contributed by atoms with van der Waals surface area (Å²) in [5.41, 5.74) is 1.13. The molecule has 0 radical (unpaired) electrons. The van der Waals surface area contributed by atoms with Gasteiger partial charge in [0.15, 0.2) is 5.76 Å². The van der Waals surface area contributed by atoms with E-state index >= 15 is 0 Å². The molecule has 0 atom stereocenters. The summed E-state index contributed by atoms with van der Waals surface area (Å²) >= 11 is 1.62. The number of aromatic nitrogens is 1. The Hall–Kier alpha value is -1.75. The summed E-state index contributed by atoms with van der Waals surface area (Å²) in [5, 5.41) is 3.80. The normalized spacial score (nSPS) is 14.2. The fraction of sp³-hybridized carbons (Fsp3) is 0.375. The van der Waals surface area contributed by atoms with E-state index in [1.807, 2.05) is 31.4 Å². The zero-order chi connectivity index (χ0) is 14.8. The molecule has 0 bridgehead atoms. The van der Waals surface area contributed by atoms with E-state index in [4.69, 9.17) is 9.26 Å². The molecular weight excluding hydrogens is 286 g/mol. The number of hydrogen-bond acceptors (Lipinski definition) is 5. The highest BCUT2D eigenvalue weighted by Gasteiger charge is 2.33. The molecular formula is C16H17NO3S. The van der Waals surface area contributed by atoms with E-state index in [1.54, 1.807) is 11.8 Å². The van der Waals surface area contributed by atoms with Crippen molar-refractivity contribution in [2.45, 2.75) is 30.6 Å². The van der Waals surface area contributed by atoms with Crippen molar-refractivity contribution in [2.24, 2.45) is 0 Å². The van der Waals surface area contributed by atoms with Crippen LogP contribution in [-0.4, -0.2) is 23.8 Å². The summed E-state index contributed by atoms with van der Waals surface area (Å²) < 4.78 is 10.9. The van der Waals surface area contributed by atoms with Crippen molar-refractivity contribution in [1.82, 2.24) is 5.16 Å². The number of nitrogens with zero attached hydrogens (tertiary/aromatic N) is 1. The maximum absolute atomic E-state index is 12.8. The van der Waals surface area contributed by atoms with Crippen LogP contribution in [0, 0.1) is 0 Å². The fourth-order valence-electron chi connectivity index (χ4n) is 2.30. The lowest BCUT2D eigenvalue weighted by Gasteiger charge is -2.10. The Bertz CT molecular complexity index is 661. The summed E-state index contributed by atoms with van der Waals surface area (Å²) in [7, 11) is 0. The van der Waals surface area contributed by atoms with Crippen LogP contribution in [0.2, 0.25) is 0 Å². The molecule has 0 amide bonds. The minimum absolute atomic E-state index is 0.0748. The SMILES string of the molecule is CCOc1cc(SC)ccc1C(=O)c1cnoc1C1CC1. The van der Waals surface area contributed by atoms with Crippen LogP contribution in [0.4, 0.5) is 0 Å². The standard InChI is InChI=1S/C16H17NO3S/c1-3-19-14-8-11(21-2)6-7-12(14)15(18)13-9-17-20-16(13)10-4-5-10/h6-10H,3-5H2,1-2H3. The number of carbonyl (C=O) groups is 1. The summed E-state index contributed by atoms with van der Waals surface area (Å²) in [5.74, 6) is 1.62. The predicted molar refractivity (Wildman–Crippen MR) is 81.3 cm³/mol. The van der Waals surface area contributed by atoms with E-state index in [2.05, 4.69) is 5.16 Å². The summed E-state index contributed by atoms with van der Waals surface area (Å²) in [4.78, 5) is 13.8. The molecule has 110 valence electrons. The molecule has 1 heterocycles. The second kappa shape index (κ2) is 5.93. The van der Waals surface area contributed by atoms with Crippen LogP contribution in [0.25, 0.3) is 0 Å². The Kier molecular flexibility index (Phi) is 4.01. The molecule has 4 nitrogen and oxygen atoms in total. The van der Waals surface area contributed by atoms with E-state index in [-0.39, 0.29) is 5.78 Å². The average molecular weight is 303 g/mol. The summed E-state index contributed by atoms with van der Waals surface area (Å²) in [6, 6.07) is 5.67. The topological polar surface area (TPSA) is 52.3 Å². The molecule has 1 aromatic carbocycles. The van der Waals surface area contributed by atoms with Gasteiger partial charge in [0.25, 0.3) is 0 Å². The first-order valence-corrected chi connectivity index (χ1v) is 8.27. The molecule has 2 aromatic rings. The Balaban J connectivity index is 1.98. The van der Waals surface area contributed by atoms with Gasteiger partial charge in [0.1, 0.15) is 5.75 Å². The van der Waals surface area contributed by atoms with Gasteiger partial charge in [0.05, 0.1) is 23.9 Å². The van der Waals surface area contributed by atoms with Crippen molar-refractivity contribution in [3.8, 4) is 5.75 Å². The number of ketones is 1. The highest BCUT2D eigenvalue weighted by atomic mass is 32.2. The van der Waals surface area contributed by atoms with Crippen molar-refractivity contribution in [1.29, 1.82) is 0 Å². The number of rotatable bonds is 6. The Morgan fingerprint density at radius 1 is 1.43 bits per heavy atom. The zero-order valence-electron chi connectivity index (χ0n) is 12.1. The van der Waals surface area contributed by atoms with Crippen LogP contribution in [0.3, 0.4) is 0 Å². The fourth-order valence-corrected chi connectivity index (χ4v) is 2.73. The predicted octanol–water partition coefficient (Wildman–Crippen LogP) is 3.90. The largest absolute Gasteiger partial charge is 0.493 e. The van der Waals surface area contributed by atoms with Gasteiger partial charge in [-0.2, -0.15) is 0 Å². The molecule has 0 unspecified atom stereocenters. The molecule has 1 aliphatic carbocycles. The van der Waals surface area contributed by atoms with Gasteiger partial charge in [-0.15, -0.1) is 11.8 Å². The van der Waals surface area contributed by atoms with E-state index in [0.717, 1.165) is 23.5 Å². The quantitative estimate of drug-likeness (QED) is 0.598. The smallest absolute Gasteiger partial charge is 0.201 e. The van der Waals surface area contributed by atoms with Gasteiger partial charge >= 0.3 is 0 Å². The number of thioether (sulfide) groups is 1. The molecule has 5 heteroatoms. The first-order valence-electron chi connectivity index (χ1n) is 7.04. The van der Waals surface area contributed by atoms with Crippen LogP contribution in [0.15, 0.2) is 33.8 Å². The third-order valence-corrected chi connectivity index (χ3v) is 4.25. The number of benzene rings is 1. The average Bonchev–Trinajstić information content (AvgIpc) is 3.24. The molecule has 0 aliphatic heterocycles. The van der Waals surface area contributed by atoms with Crippen LogP contribution < -0.4 is 4.74 Å². The molecule has 1 aromatic heterocycles. The molecule has 0 saturated heterocycles. The van der Waals surface area contributed by atoms with E-state index in [9.17, 15) is 4.79 Å². The monoisotopic (exact) mass is 303 g/mol. The number of carbonyl (C=O) groups excluding carboxylic acids is 1. The molecule has 3 rings (SSSR count). The maximum atomic E-state index is 12.8. The molecule has 1 saturated carbocycles. The first-order chi connectivity index (χ1) is 10.2. The van der Waals surface area contributed by atoms with Crippen LogP contribution in [0.1, 0.15) is 47.4 Å². The Morgan fingerprint density at radius 2 is 2.24 bits per heavy atom. The molecule has 1 aliphatic rings. The van der Waals surface area contributed by atoms with Gasteiger partial charge in [-0.1, -0.05) is 5.16 Å². The molecule has 1 fully saturated rings. The molecule has 0 N–H and O–H groups in total. The second-order valence-corrected chi connectivity index (χ2v) is 5.88. The van der Waals surface area contributed by atoms with Gasteiger partial charge in [0, 0.05) is 10.8 Å².